The number of imidazole rings is 1. The Morgan fingerprint density at radius 1 is 1.21 bits per heavy atom. The Hall–Kier alpha value is -2.39. The van der Waals surface area contributed by atoms with Gasteiger partial charge in [-0.15, -0.1) is 0 Å². The first-order valence-electron chi connectivity index (χ1n) is 7.42. The minimum atomic E-state index is -0.0746. The van der Waals surface area contributed by atoms with Gasteiger partial charge in [-0.3, -0.25) is 4.57 Å². The summed E-state index contributed by atoms with van der Waals surface area (Å²) in [6.45, 7) is 0.726. The van der Waals surface area contributed by atoms with Gasteiger partial charge in [0.1, 0.15) is 17.7 Å². The van der Waals surface area contributed by atoms with Crippen LogP contribution in [0.25, 0.3) is 11.2 Å². The molecule has 4 rings (SSSR count). The van der Waals surface area contributed by atoms with E-state index in [1.807, 2.05) is 4.57 Å². The first-order valence-corrected chi connectivity index (χ1v) is 8.21. The van der Waals surface area contributed by atoms with Crippen LogP contribution in [-0.2, 0) is 4.74 Å². The van der Waals surface area contributed by atoms with Crippen LogP contribution < -0.4 is 5.32 Å². The molecule has 1 atom stereocenters. The highest BCUT2D eigenvalue weighted by Crippen LogP contribution is 2.31. The summed E-state index contributed by atoms with van der Waals surface area (Å²) in [6.07, 6.45) is 3.53. The second kappa shape index (κ2) is 5.91. The van der Waals surface area contributed by atoms with Crippen LogP contribution in [0.2, 0.25) is 0 Å². The normalized spacial score (nSPS) is 17.5. The van der Waals surface area contributed by atoms with E-state index >= 15 is 0 Å². The summed E-state index contributed by atoms with van der Waals surface area (Å²) >= 11 is 3.31. The lowest BCUT2D eigenvalue weighted by molar-refractivity contribution is 0.0592. The third kappa shape index (κ3) is 2.76. The molecule has 1 fully saturated rings. The fraction of sp³-hybridized carbons (Fsp3) is 0.267. The molecule has 1 aliphatic heterocycles. The molecule has 0 aliphatic carbocycles. The number of hydrogen-bond donors (Lipinski definition) is 3. The zero-order chi connectivity index (χ0) is 16.7. The molecule has 1 aliphatic rings. The third-order valence-corrected chi connectivity index (χ3v) is 4.13. The van der Waals surface area contributed by atoms with E-state index in [1.165, 1.54) is 18.2 Å². The molecule has 3 N–H and O–H groups in total. The van der Waals surface area contributed by atoms with Gasteiger partial charge in [-0.1, -0.05) is 0 Å². The molecule has 124 valence electrons. The second-order valence-electron chi connectivity index (χ2n) is 5.50. The van der Waals surface area contributed by atoms with Gasteiger partial charge in [0.05, 0.1) is 6.33 Å². The first-order chi connectivity index (χ1) is 11.6. The lowest BCUT2D eigenvalue weighted by Gasteiger charge is -2.12. The van der Waals surface area contributed by atoms with Crippen molar-refractivity contribution >= 4 is 38.6 Å². The summed E-state index contributed by atoms with van der Waals surface area (Å²) < 4.78 is 7.99. The number of rotatable bonds is 3. The number of aromatic hydroxyl groups is 2. The van der Waals surface area contributed by atoms with E-state index in [-0.39, 0.29) is 17.7 Å². The monoisotopic (exact) mass is 391 g/mol. The molecule has 1 saturated heterocycles. The summed E-state index contributed by atoms with van der Waals surface area (Å²) in [7, 11) is 0. The highest BCUT2D eigenvalue weighted by molar-refractivity contribution is 9.10. The highest BCUT2D eigenvalue weighted by atomic mass is 79.9. The number of fused-ring (bicyclic) bond motifs is 1. The smallest absolute Gasteiger partial charge is 0.200 e. The van der Waals surface area contributed by atoms with E-state index in [4.69, 9.17) is 4.74 Å². The molecule has 0 radical (unpaired) electrons. The maximum Gasteiger partial charge on any atom is 0.200 e. The van der Waals surface area contributed by atoms with Gasteiger partial charge in [-0.05, 0) is 28.8 Å². The van der Waals surface area contributed by atoms with Crippen molar-refractivity contribution in [1.29, 1.82) is 0 Å². The van der Waals surface area contributed by atoms with Gasteiger partial charge in [0, 0.05) is 30.5 Å². The molecular weight excluding hydrogens is 378 g/mol. The lowest BCUT2D eigenvalue weighted by Crippen LogP contribution is -2.07. The number of aromatic nitrogens is 4. The summed E-state index contributed by atoms with van der Waals surface area (Å²) in [6, 6.07) is 4.22. The van der Waals surface area contributed by atoms with Crippen LogP contribution in [-0.4, -0.2) is 36.3 Å². The van der Waals surface area contributed by atoms with Crippen molar-refractivity contribution < 1.29 is 14.9 Å². The van der Waals surface area contributed by atoms with Gasteiger partial charge in [0.25, 0.3) is 0 Å². The molecule has 0 bridgehead atoms. The van der Waals surface area contributed by atoms with Crippen LogP contribution in [0.4, 0.5) is 11.5 Å². The van der Waals surface area contributed by atoms with Gasteiger partial charge in [-0.25, -0.2) is 15.0 Å². The number of halogens is 1. The molecule has 2 aromatic heterocycles. The summed E-state index contributed by atoms with van der Waals surface area (Å²) in [5.74, 6) is 0.368. The van der Waals surface area contributed by atoms with Crippen molar-refractivity contribution in [2.45, 2.75) is 19.1 Å². The minimum absolute atomic E-state index is 0.0493. The topological polar surface area (TPSA) is 105 Å². The molecule has 8 nitrogen and oxygen atoms in total. The molecule has 0 saturated carbocycles. The molecule has 1 aromatic carbocycles. The Kier molecular flexibility index (Phi) is 3.73. The van der Waals surface area contributed by atoms with Crippen molar-refractivity contribution in [2.75, 3.05) is 11.9 Å². The highest BCUT2D eigenvalue weighted by Gasteiger charge is 2.22. The molecule has 0 amide bonds. The van der Waals surface area contributed by atoms with Crippen LogP contribution in [0, 0.1) is 0 Å². The molecular formula is C15H14BrN5O3. The zero-order valence-corrected chi connectivity index (χ0v) is 14.1. The average Bonchev–Trinajstić information content (AvgIpc) is 3.14. The van der Waals surface area contributed by atoms with E-state index in [0.717, 1.165) is 19.4 Å². The number of benzene rings is 1. The Balaban J connectivity index is 1.77. The zero-order valence-electron chi connectivity index (χ0n) is 12.5. The van der Waals surface area contributed by atoms with Gasteiger partial charge >= 0.3 is 0 Å². The van der Waals surface area contributed by atoms with Crippen molar-refractivity contribution in [3.05, 3.63) is 29.3 Å². The number of anilines is 2. The maximum atomic E-state index is 9.61. The van der Waals surface area contributed by atoms with Gasteiger partial charge < -0.3 is 20.3 Å². The number of nitrogens with zero attached hydrogens (tertiary/aromatic N) is 4. The second-order valence-corrected chi connectivity index (χ2v) is 6.21. The average molecular weight is 392 g/mol. The van der Waals surface area contributed by atoms with Crippen LogP contribution in [0.5, 0.6) is 11.5 Å². The Bertz CT molecular complexity index is 887. The molecule has 24 heavy (non-hydrogen) atoms. The number of phenolic OH excluding ortho intramolecular Hbond substituents is 2. The standard InChI is InChI=1S/C15H14BrN5O3/c16-15-19-13(18-8-4-9(22)6-10(23)5-8)12-14(20-15)21(7-17-12)11-2-1-3-24-11/h4-7,11,22-23H,1-3H2,(H,18,19,20). The lowest BCUT2D eigenvalue weighted by atomic mass is 10.2. The Morgan fingerprint density at radius 2 is 2.00 bits per heavy atom. The van der Waals surface area contributed by atoms with Gasteiger partial charge in [0.2, 0.25) is 4.73 Å². The first kappa shape index (κ1) is 15.2. The summed E-state index contributed by atoms with van der Waals surface area (Å²) in [4.78, 5) is 13.1. The van der Waals surface area contributed by atoms with E-state index < -0.39 is 0 Å². The van der Waals surface area contributed by atoms with Gasteiger partial charge in [0.15, 0.2) is 17.0 Å². The quantitative estimate of drug-likeness (QED) is 0.589. The number of ether oxygens (including phenoxy) is 1. The van der Waals surface area contributed by atoms with Crippen LogP contribution in [0.15, 0.2) is 29.3 Å². The van der Waals surface area contributed by atoms with E-state index in [1.54, 1.807) is 6.33 Å². The van der Waals surface area contributed by atoms with Crippen LogP contribution in [0.3, 0.4) is 0 Å². The van der Waals surface area contributed by atoms with E-state index in [9.17, 15) is 10.2 Å². The molecule has 1 unspecified atom stereocenters. The van der Waals surface area contributed by atoms with E-state index in [0.29, 0.717) is 27.4 Å². The fourth-order valence-electron chi connectivity index (χ4n) is 2.77. The fourth-order valence-corrected chi connectivity index (χ4v) is 3.12. The molecule has 9 heteroatoms. The molecule has 3 aromatic rings. The third-order valence-electron chi connectivity index (χ3n) is 3.78. The van der Waals surface area contributed by atoms with Crippen molar-refractivity contribution in [3.63, 3.8) is 0 Å². The van der Waals surface area contributed by atoms with Crippen LogP contribution >= 0.6 is 15.9 Å². The Morgan fingerprint density at radius 3 is 2.71 bits per heavy atom. The number of nitrogens with one attached hydrogen (secondary N) is 1. The predicted octanol–water partition coefficient (Wildman–Crippen LogP) is 3.05. The SMILES string of the molecule is Oc1cc(O)cc(Nc2nc(Br)nc3c2ncn3C2CCCO2)c1. The van der Waals surface area contributed by atoms with Gasteiger partial charge in [-0.2, -0.15) is 0 Å². The van der Waals surface area contributed by atoms with Crippen molar-refractivity contribution in [2.24, 2.45) is 0 Å². The van der Waals surface area contributed by atoms with Crippen molar-refractivity contribution in [1.82, 2.24) is 19.5 Å². The molecule has 3 heterocycles. The van der Waals surface area contributed by atoms with E-state index in [2.05, 4.69) is 36.2 Å². The largest absolute Gasteiger partial charge is 0.508 e. The number of hydrogen-bond acceptors (Lipinski definition) is 7. The molecule has 0 spiro atoms. The summed E-state index contributed by atoms with van der Waals surface area (Å²) in [5, 5.41) is 22.3. The van der Waals surface area contributed by atoms with Crippen LogP contribution in [0.1, 0.15) is 19.1 Å². The van der Waals surface area contributed by atoms with Crippen molar-refractivity contribution in [3.8, 4) is 11.5 Å². The Labute approximate surface area is 145 Å². The minimum Gasteiger partial charge on any atom is -0.508 e. The summed E-state index contributed by atoms with van der Waals surface area (Å²) in [5.41, 5.74) is 1.72. The maximum absolute atomic E-state index is 9.61. The number of phenols is 2. The predicted molar refractivity (Wildman–Crippen MR) is 90.3 cm³/mol.